The molecule has 0 heterocycles. The molecule has 55 heavy (non-hydrogen) atoms. The molecule has 0 saturated carbocycles. The summed E-state index contributed by atoms with van der Waals surface area (Å²) >= 11 is 0. The number of nitrogens with two attached hydrogens (primary N) is 1. The fourth-order valence-corrected chi connectivity index (χ4v) is 5.50. The lowest BCUT2D eigenvalue weighted by Crippen LogP contribution is -2.29. The van der Waals surface area contributed by atoms with Gasteiger partial charge < -0.3 is 20.1 Å². The van der Waals surface area contributed by atoms with Gasteiger partial charge in [0.05, 0.1) is 13.2 Å². The average Bonchev–Trinajstić information content (AvgIpc) is 3.17. The largest absolute Gasteiger partial charge is 0.472 e. The van der Waals surface area contributed by atoms with Gasteiger partial charge in [-0.15, -0.1) is 0 Å². The van der Waals surface area contributed by atoms with Gasteiger partial charge in [0, 0.05) is 19.4 Å². The molecule has 0 aliphatic carbocycles. The van der Waals surface area contributed by atoms with Crippen LogP contribution in [0.25, 0.3) is 0 Å². The smallest absolute Gasteiger partial charge is 0.462 e. The highest BCUT2D eigenvalue weighted by atomic mass is 31.2. The van der Waals surface area contributed by atoms with Gasteiger partial charge in [0.15, 0.2) is 6.10 Å². The van der Waals surface area contributed by atoms with Crippen LogP contribution in [0, 0.1) is 0 Å². The third-order valence-corrected chi connectivity index (χ3v) is 8.65. The van der Waals surface area contributed by atoms with Gasteiger partial charge in [0.2, 0.25) is 0 Å². The van der Waals surface area contributed by atoms with Gasteiger partial charge in [-0.05, 0) is 83.5 Å². The molecule has 0 bridgehead atoms. The molecule has 0 amide bonds. The Morgan fingerprint density at radius 3 is 1.47 bits per heavy atom. The lowest BCUT2D eigenvalue weighted by atomic mass is 10.1. The monoisotopic (exact) mass is 785 g/mol. The maximum atomic E-state index is 12.5. The molecule has 10 heteroatoms. The number of carbonyl (C=O) groups is 2. The predicted molar refractivity (Wildman–Crippen MR) is 228 cm³/mol. The Labute approximate surface area is 333 Å². The molecule has 0 aliphatic heterocycles. The average molecular weight is 786 g/mol. The summed E-state index contributed by atoms with van der Waals surface area (Å²) in [7, 11) is -4.41. The summed E-state index contributed by atoms with van der Waals surface area (Å²) in [6.45, 7) is 3.36. The SMILES string of the molecule is CC/C=C/C/C=C/C/C=C/C/C=C/C/C=C/C/C=C/CCC(=O)O[C@H](COC(=O)CCCCCCC/C=C/C/C=C/C/C=C/CC)COP(=O)(O)OCCN. The van der Waals surface area contributed by atoms with Crippen molar-refractivity contribution in [2.45, 2.75) is 136 Å². The van der Waals surface area contributed by atoms with Crippen molar-refractivity contribution in [3.63, 3.8) is 0 Å². The van der Waals surface area contributed by atoms with Crippen LogP contribution in [0.2, 0.25) is 0 Å². The van der Waals surface area contributed by atoms with Gasteiger partial charge in [-0.3, -0.25) is 18.6 Å². The van der Waals surface area contributed by atoms with Gasteiger partial charge in [-0.2, -0.15) is 0 Å². The van der Waals surface area contributed by atoms with Crippen molar-refractivity contribution in [1.29, 1.82) is 0 Å². The van der Waals surface area contributed by atoms with Crippen LogP contribution in [0.1, 0.15) is 129 Å². The molecule has 0 aliphatic rings. The molecule has 0 aromatic heterocycles. The molecule has 0 rings (SSSR count). The van der Waals surface area contributed by atoms with E-state index in [1.807, 2.05) is 12.2 Å². The van der Waals surface area contributed by atoms with Crippen LogP contribution in [-0.2, 0) is 32.7 Å². The second-order valence-corrected chi connectivity index (χ2v) is 14.2. The van der Waals surface area contributed by atoms with Crippen LogP contribution in [0.3, 0.4) is 0 Å². The molecule has 9 nitrogen and oxygen atoms in total. The van der Waals surface area contributed by atoms with Crippen LogP contribution >= 0.6 is 7.82 Å². The Balaban J connectivity index is 4.38. The fraction of sp³-hybridized carbons (Fsp3) is 0.556. The van der Waals surface area contributed by atoms with Crippen molar-refractivity contribution in [2.75, 3.05) is 26.4 Å². The summed E-state index contributed by atoms with van der Waals surface area (Å²) < 4.78 is 32.6. The van der Waals surface area contributed by atoms with E-state index in [0.29, 0.717) is 12.8 Å². The summed E-state index contributed by atoms with van der Waals surface area (Å²) in [5.41, 5.74) is 5.33. The number of carbonyl (C=O) groups excluding carboxylic acids is 2. The van der Waals surface area contributed by atoms with E-state index in [9.17, 15) is 19.0 Å². The quantitative estimate of drug-likeness (QED) is 0.0275. The second kappa shape index (κ2) is 40.3. The third kappa shape index (κ3) is 40.2. The number of hydrogen-bond donors (Lipinski definition) is 2. The summed E-state index contributed by atoms with van der Waals surface area (Å²) in [5.74, 6) is -0.960. The van der Waals surface area contributed by atoms with E-state index in [0.717, 1.165) is 89.9 Å². The first-order valence-electron chi connectivity index (χ1n) is 20.4. The molecule has 0 aromatic carbocycles. The highest BCUT2D eigenvalue weighted by molar-refractivity contribution is 7.47. The number of phosphoric ester groups is 1. The number of ether oxygens (including phenoxy) is 2. The van der Waals surface area contributed by atoms with Gasteiger partial charge in [-0.1, -0.05) is 142 Å². The van der Waals surface area contributed by atoms with E-state index in [2.05, 4.69) is 111 Å². The van der Waals surface area contributed by atoms with E-state index in [1.165, 1.54) is 0 Å². The zero-order valence-electron chi connectivity index (χ0n) is 33.9. The molecule has 0 spiro atoms. The van der Waals surface area contributed by atoms with Crippen LogP contribution in [0.4, 0.5) is 0 Å². The number of esters is 2. The van der Waals surface area contributed by atoms with E-state index in [-0.39, 0.29) is 32.6 Å². The number of phosphoric acid groups is 1. The summed E-state index contributed by atoms with van der Waals surface area (Å²) in [6.07, 6.45) is 52.8. The summed E-state index contributed by atoms with van der Waals surface area (Å²) in [4.78, 5) is 34.8. The maximum Gasteiger partial charge on any atom is 0.472 e. The second-order valence-electron chi connectivity index (χ2n) is 12.7. The van der Waals surface area contributed by atoms with E-state index < -0.39 is 32.5 Å². The normalized spacial score (nSPS) is 14.5. The van der Waals surface area contributed by atoms with Gasteiger partial charge >= 0.3 is 19.8 Å². The molecule has 0 radical (unpaired) electrons. The molecule has 0 saturated heterocycles. The molecule has 310 valence electrons. The van der Waals surface area contributed by atoms with Gasteiger partial charge in [0.1, 0.15) is 6.61 Å². The lowest BCUT2D eigenvalue weighted by molar-refractivity contribution is -0.161. The molecule has 2 atom stereocenters. The standard InChI is InChI=1S/C45H72NO8P/c1-3-5-7-9-11-13-15-17-19-20-21-22-24-26-28-30-32-34-36-38-45(48)54-43(42-53-55(49,50)52-40-39-46)41-51-44(47)37-35-33-31-29-27-25-23-18-16-14-12-10-8-6-4-2/h5-8,11-14,17-19,21-23,26,28,32,34,43H,3-4,9-10,15-16,20,24-25,27,29-31,33,35-42,46H2,1-2H3,(H,49,50)/b7-5+,8-6+,13-11+,14-12+,19-17+,22-21+,23-18+,28-26+,34-32+/t43-/m1/s1. The van der Waals surface area contributed by atoms with E-state index >= 15 is 0 Å². The molecule has 0 aromatic rings. The van der Waals surface area contributed by atoms with Gasteiger partial charge in [0.25, 0.3) is 0 Å². The van der Waals surface area contributed by atoms with Crippen LogP contribution in [0.5, 0.6) is 0 Å². The summed E-state index contributed by atoms with van der Waals surface area (Å²) in [6, 6.07) is 0. The fourth-order valence-electron chi connectivity index (χ4n) is 4.73. The molecule has 3 N–H and O–H groups in total. The minimum Gasteiger partial charge on any atom is -0.462 e. The third-order valence-electron chi connectivity index (χ3n) is 7.67. The Morgan fingerprint density at radius 1 is 0.545 bits per heavy atom. The molecule has 1 unspecified atom stereocenters. The van der Waals surface area contributed by atoms with Crippen molar-refractivity contribution in [3.8, 4) is 0 Å². The van der Waals surface area contributed by atoms with E-state index in [4.69, 9.17) is 24.3 Å². The number of allylic oxidation sites excluding steroid dienone is 18. The Bertz CT molecular complexity index is 1260. The number of hydrogen-bond acceptors (Lipinski definition) is 8. The van der Waals surface area contributed by atoms with Crippen molar-refractivity contribution < 1.29 is 37.6 Å². The zero-order valence-corrected chi connectivity index (χ0v) is 34.7. The van der Waals surface area contributed by atoms with Crippen molar-refractivity contribution in [2.24, 2.45) is 5.73 Å². The first-order valence-corrected chi connectivity index (χ1v) is 21.9. The van der Waals surface area contributed by atoms with Crippen molar-refractivity contribution in [1.82, 2.24) is 0 Å². The minimum atomic E-state index is -4.41. The topological polar surface area (TPSA) is 134 Å². The van der Waals surface area contributed by atoms with Crippen LogP contribution in [-0.4, -0.2) is 49.3 Å². The summed E-state index contributed by atoms with van der Waals surface area (Å²) in [5, 5.41) is 0. The zero-order chi connectivity index (χ0) is 40.3. The highest BCUT2D eigenvalue weighted by Crippen LogP contribution is 2.43. The van der Waals surface area contributed by atoms with Crippen LogP contribution < -0.4 is 5.73 Å². The molecule has 0 fully saturated rings. The Hall–Kier alpha value is -3.33. The maximum absolute atomic E-state index is 12.5. The Kier molecular flexibility index (Phi) is 37.9. The van der Waals surface area contributed by atoms with E-state index in [1.54, 1.807) is 0 Å². The molecular formula is C45H72NO8P. The molecular weight excluding hydrogens is 713 g/mol. The first-order chi connectivity index (χ1) is 26.8. The lowest BCUT2D eigenvalue weighted by Gasteiger charge is -2.19. The van der Waals surface area contributed by atoms with Crippen molar-refractivity contribution >= 4 is 19.8 Å². The van der Waals surface area contributed by atoms with Gasteiger partial charge in [-0.25, -0.2) is 4.57 Å². The number of rotatable bonds is 36. The van der Waals surface area contributed by atoms with Crippen LogP contribution in [0.15, 0.2) is 109 Å². The minimum absolute atomic E-state index is 0.0328. The predicted octanol–water partition coefficient (Wildman–Crippen LogP) is 11.6. The number of unbranched alkanes of at least 4 members (excludes halogenated alkanes) is 5. The highest BCUT2D eigenvalue weighted by Gasteiger charge is 2.25. The first kappa shape index (κ1) is 51.7. The Morgan fingerprint density at radius 2 is 0.982 bits per heavy atom. The van der Waals surface area contributed by atoms with Crippen molar-refractivity contribution in [3.05, 3.63) is 109 Å².